The monoisotopic (exact) mass is 300 g/mol. The minimum absolute atomic E-state index is 0.375. The van der Waals surface area contributed by atoms with Crippen molar-refractivity contribution in [3.63, 3.8) is 0 Å². The number of methoxy groups -OCH3 is 1. The summed E-state index contributed by atoms with van der Waals surface area (Å²) in [4.78, 5) is 14.6. The Hall–Kier alpha value is -1.97. The number of carbonyl (C=O) groups is 1. The lowest BCUT2D eigenvalue weighted by atomic mass is 10.1. The summed E-state index contributed by atoms with van der Waals surface area (Å²) in [5.74, 6) is -2.20. The number of halogens is 5. The number of hydrogen-bond acceptors (Lipinski definition) is 5. The number of nitrogens with two attached hydrogens (primary N) is 1. The molecule has 0 aromatic carbocycles. The summed E-state index contributed by atoms with van der Waals surface area (Å²) in [6.45, 7) is -0.543. The second-order valence-electron chi connectivity index (χ2n) is 3.42. The highest BCUT2D eigenvalue weighted by Crippen LogP contribution is 2.31. The van der Waals surface area contributed by atoms with Crippen molar-refractivity contribution in [3.8, 4) is 5.75 Å². The van der Waals surface area contributed by atoms with Crippen molar-refractivity contribution in [2.24, 2.45) is 5.73 Å². The highest BCUT2D eigenvalue weighted by Gasteiger charge is 2.34. The predicted octanol–water partition coefficient (Wildman–Crippen LogP) is 2.16. The van der Waals surface area contributed by atoms with E-state index in [1.807, 2.05) is 0 Å². The van der Waals surface area contributed by atoms with Gasteiger partial charge in [-0.25, -0.2) is 18.6 Å². The number of esters is 1. The number of rotatable bonds is 4. The van der Waals surface area contributed by atoms with E-state index in [2.05, 4.69) is 14.5 Å². The highest BCUT2D eigenvalue weighted by atomic mass is 19.4. The normalized spacial score (nSPS) is 11.6. The van der Waals surface area contributed by atoms with E-state index in [1.165, 1.54) is 0 Å². The third-order valence-corrected chi connectivity index (χ3v) is 2.12. The highest BCUT2D eigenvalue weighted by molar-refractivity contribution is 5.89. The van der Waals surface area contributed by atoms with Gasteiger partial charge in [0, 0.05) is 6.54 Å². The van der Waals surface area contributed by atoms with Gasteiger partial charge in [-0.15, -0.1) is 13.2 Å². The van der Waals surface area contributed by atoms with Crippen molar-refractivity contribution in [2.75, 3.05) is 7.11 Å². The van der Waals surface area contributed by atoms with E-state index < -0.39 is 48.0 Å². The van der Waals surface area contributed by atoms with E-state index in [1.54, 1.807) is 0 Å². The molecule has 0 aliphatic rings. The lowest BCUT2D eigenvalue weighted by molar-refractivity contribution is -0.275. The number of carbonyl (C=O) groups excluding carboxylic acids is 1. The van der Waals surface area contributed by atoms with Crippen molar-refractivity contribution in [1.82, 2.24) is 4.98 Å². The number of aromatic nitrogens is 1. The lowest BCUT2D eigenvalue weighted by Crippen LogP contribution is -2.21. The molecule has 0 saturated heterocycles. The van der Waals surface area contributed by atoms with Crippen LogP contribution in [0.2, 0.25) is 0 Å². The van der Waals surface area contributed by atoms with E-state index in [0.717, 1.165) is 7.11 Å². The van der Waals surface area contributed by atoms with Crippen LogP contribution in [0.4, 0.5) is 22.0 Å². The first-order chi connectivity index (χ1) is 9.19. The first-order valence-corrected chi connectivity index (χ1v) is 5.05. The average molecular weight is 300 g/mol. The maximum absolute atomic E-state index is 12.8. The van der Waals surface area contributed by atoms with E-state index >= 15 is 0 Å². The van der Waals surface area contributed by atoms with Crippen LogP contribution in [-0.4, -0.2) is 24.4 Å². The van der Waals surface area contributed by atoms with Gasteiger partial charge < -0.3 is 15.2 Å². The number of nitrogens with zero attached hydrogens (tertiary/aromatic N) is 1. The zero-order valence-corrected chi connectivity index (χ0v) is 10.0. The molecule has 0 atom stereocenters. The van der Waals surface area contributed by atoms with Crippen LogP contribution in [0, 0.1) is 0 Å². The van der Waals surface area contributed by atoms with Gasteiger partial charge in [-0.2, -0.15) is 0 Å². The Morgan fingerprint density at radius 3 is 2.45 bits per heavy atom. The number of pyridine rings is 1. The van der Waals surface area contributed by atoms with Gasteiger partial charge in [0.1, 0.15) is 0 Å². The molecule has 10 heteroatoms. The summed E-state index contributed by atoms with van der Waals surface area (Å²) >= 11 is 0. The Balaban J connectivity index is 3.41. The Labute approximate surface area is 109 Å². The van der Waals surface area contributed by atoms with Crippen LogP contribution in [0.15, 0.2) is 6.07 Å². The van der Waals surface area contributed by atoms with Gasteiger partial charge in [0.05, 0.1) is 18.4 Å². The molecular formula is C10H9F5N2O3. The molecule has 0 amide bonds. The number of ether oxygens (including phenoxy) is 2. The third-order valence-electron chi connectivity index (χ3n) is 2.12. The van der Waals surface area contributed by atoms with E-state index in [0.29, 0.717) is 6.07 Å². The molecule has 0 spiro atoms. The van der Waals surface area contributed by atoms with Crippen molar-refractivity contribution >= 4 is 5.97 Å². The van der Waals surface area contributed by atoms with Crippen molar-refractivity contribution in [3.05, 3.63) is 23.0 Å². The Morgan fingerprint density at radius 2 is 2.05 bits per heavy atom. The first-order valence-electron chi connectivity index (χ1n) is 5.05. The molecule has 0 radical (unpaired) electrons. The minimum atomic E-state index is -5.10. The molecule has 2 N–H and O–H groups in total. The zero-order chi connectivity index (χ0) is 15.5. The van der Waals surface area contributed by atoms with Gasteiger partial charge in [0.15, 0.2) is 11.4 Å². The van der Waals surface area contributed by atoms with Crippen LogP contribution in [-0.2, 0) is 11.3 Å². The smallest absolute Gasteiger partial charge is 0.464 e. The van der Waals surface area contributed by atoms with Crippen molar-refractivity contribution in [2.45, 2.75) is 19.3 Å². The topological polar surface area (TPSA) is 74.4 Å². The second kappa shape index (κ2) is 5.99. The molecule has 0 saturated carbocycles. The van der Waals surface area contributed by atoms with Gasteiger partial charge in [0.25, 0.3) is 6.43 Å². The van der Waals surface area contributed by atoms with Gasteiger partial charge >= 0.3 is 12.3 Å². The fourth-order valence-corrected chi connectivity index (χ4v) is 1.33. The van der Waals surface area contributed by atoms with Crippen LogP contribution >= 0.6 is 0 Å². The summed E-state index contributed by atoms with van der Waals surface area (Å²) in [7, 11) is 0.918. The van der Waals surface area contributed by atoms with Crippen molar-refractivity contribution in [1.29, 1.82) is 0 Å². The summed E-state index contributed by atoms with van der Waals surface area (Å²) in [5.41, 5.74) is 2.82. The molecule has 20 heavy (non-hydrogen) atoms. The maximum Gasteiger partial charge on any atom is 0.573 e. The molecule has 1 aromatic rings. The first kappa shape index (κ1) is 16.1. The quantitative estimate of drug-likeness (QED) is 0.681. The third kappa shape index (κ3) is 3.76. The maximum atomic E-state index is 12.8. The zero-order valence-electron chi connectivity index (χ0n) is 10.0. The van der Waals surface area contributed by atoms with Gasteiger partial charge in [0.2, 0.25) is 0 Å². The summed E-state index contributed by atoms with van der Waals surface area (Å²) in [5, 5.41) is 0. The van der Waals surface area contributed by atoms with Gasteiger partial charge in [-0.3, -0.25) is 0 Å². The van der Waals surface area contributed by atoms with Gasteiger partial charge in [-0.05, 0) is 6.07 Å². The fraction of sp³-hybridized carbons (Fsp3) is 0.400. The fourth-order valence-electron chi connectivity index (χ4n) is 1.33. The van der Waals surface area contributed by atoms with Crippen LogP contribution < -0.4 is 10.5 Å². The molecule has 0 unspecified atom stereocenters. The van der Waals surface area contributed by atoms with Crippen LogP contribution in [0.3, 0.4) is 0 Å². The molecule has 0 fully saturated rings. The average Bonchev–Trinajstić information content (AvgIpc) is 2.35. The molecular weight excluding hydrogens is 291 g/mol. The predicted molar refractivity (Wildman–Crippen MR) is 55.1 cm³/mol. The van der Waals surface area contributed by atoms with Gasteiger partial charge in [-0.1, -0.05) is 0 Å². The lowest BCUT2D eigenvalue weighted by Gasteiger charge is -2.15. The number of hydrogen-bond donors (Lipinski definition) is 1. The molecule has 112 valence electrons. The van der Waals surface area contributed by atoms with Crippen LogP contribution in [0.5, 0.6) is 5.75 Å². The summed E-state index contributed by atoms with van der Waals surface area (Å²) in [6, 6.07) is 0.375. The Bertz CT molecular complexity index is 504. The van der Waals surface area contributed by atoms with Crippen LogP contribution in [0.25, 0.3) is 0 Å². The second-order valence-corrected chi connectivity index (χ2v) is 3.42. The Morgan fingerprint density at radius 1 is 1.45 bits per heavy atom. The number of alkyl halides is 5. The standard InChI is InChI=1S/C10H9F5N2O3/c1-19-9(18)7-4(8(11)12)2-6(5(3-16)17-7)20-10(13,14)15/h2,8H,3,16H2,1H3. The SMILES string of the molecule is COC(=O)c1nc(CN)c(OC(F)(F)F)cc1C(F)F. The van der Waals surface area contributed by atoms with Crippen LogP contribution in [0.1, 0.15) is 28.2 Å². The van der Waals surface area contributed by atoms with E-state index in [4.69, 9.17) is 5.73 Å². The largest absolute Gasteiger partial charge is 0.573 e. The molecule has 1 rings (SSSR count). The summed E-state index contributed by atoms with van der Waals surface area (Å²) < 4.78 is 69.7. The molecule has 0 bridgehead atoms. The Kier molecular flexibility index (Phi) is 4.82. The minimum Gasteiger partial charge on any atom is -0.464 e. The van der Waals surface area contributed by atoms with Crippen molar-refractivity contribution < 1.29 is 36.2 Å². The molecule has 5 nitrogen and oxygen atoms in total. The molecule has 0 aliphatic carbocycles. The summed E-state index contributed by atoms with van der Waals surface area (Å²) in [6.07, 6.45) is -8.34. The molecule has 1 heterocycles. The molecule has 0 aliphatic heterocycles. The van der Waals surface area contributed by atoms with E-state index in [-0.39, 0.29) is 0 Å². The van der Waals surface area contributed by atoms with E-state index in [9.17, 15) is 26.7 Å². The molecule has 1 aromatic heterocycles.